The molecule has 118 valence electrons. The number of nitrogens with zero attached hydrogens (tertiary/aromatic N) is 2. The van der Waals surface area contributed by atoms with E-state index in [1.165, 1.54) is 64.6 Å². The monoisotopic (exact) mass is 328 g/mol. The molecule has 0 fully saturated rings. The Labute approximate surface area is 148 Å². The molecule has 0 aliphatic heterocycles. The molecule has 0 spiro atoms. The number of fused-ring (bicyclic) bond motifs is 2. The first-order chi connectivity index (χ1) is 12.9. The molecule has 2 heterocycles. The lowest BCUT2D eigenvalue weighted by atomic mass is 9.86. The van der Waals surface area contributed by atoms with E-state index in [0.29, 0.717) is 0 Å². The van der Waals surface area contributed by atoms with Crippen molar-refractivity contribution in [2.45, 2.75) is 0 Å². The molecular weight excluding hydrogens is 316 g/mol. The number of rotatable bonds is 0. The summed E-state index contributed by atoms with van der Waals surface area (Å²) >= 11 is 0. The molecule has 0 amide bonds. The second-order valence-electron chi connectivity index (χ2n) is 7.12. The Morgan fingerprint density at radius 2 is 0.654 bits per heavy atom. The van der Waals surface area contributed by atoms with Crippen LogP contribution in [-0.4, -0.2) is 9.97 Å². The standard InChI is InChI=1S/C24H12N2/c1-5-17-18-6-3-15-11-26-12-16-4-8-20(24(18)22(15)16)19-7-2-14-10-25-9-13(1)21(14)23(17)19/h1-12H. The number of benzene rings is 5. The van der Waals surface area contributed by atoms with Gasteiger partial charge >= 0.3 is 0 Å². The Hall–Kier alpha value is -3.52. The SMILES string of the molecule is c1cc2c3ccc4cncc5ccc(c6ccc7cncc1c7c26)c3c45. The number of aromatic nitrogens is 2. The van der Waals surface area contributed by atoms with Crippen molar-refractivity contribution in [3.05, 3.63) is 73.3 Å². The molecule has 0 aliphatic carbocycles. The minimum atomic E-state index is 1.21. The Bertz CT molecular complexity index is 1390. The molecule has 0 N–H and O–H groups in total. The molecule has 0 radical (unpaired) electrons. The molecule has 7 rings (SSSR count). The van der Waals surface area contributed by atoms with Crippen LogP contribution < -0.4 is 0 Å². The van der Waals surface area contributed by atoms with E-state index >= 15 is 0 Å². The smallest absolute Gasteiger partial charge is 0.0347 e. The minimum absolute atomic E-state index is 1.21. The van der Waals surface area contributed by atoms with Crippen molar-refractivity contribution in [2.75, 3.05) is 0 Å². The lowest BCUT2D eigenvalue weighted by molar-refractivity contribution is 1.38. The van der Waals surface area contributed by atoms with Crippen molar-refractivity contribution in [2.24, 2.45) is 0 Å². The van der Waals surface area contributed by atoms with E-state index in [9.17, 15) is 0 Å². The average molecular weight is 328 g/mol. The lowest BCUT2D eigenvalue weighted by Gasteiger charge is -2.17. The summed E-state index contributed by atoms with van der Waals surface area (Å²) in [4.78, 5) is 8.81. The predicted octanol–water partition coefficient (Wildman–Crippen LogP) is 6.27. The van der Waals surface area contributed by atoms with E-state index < -0.39 is 0 Å². The maximum Gasteiger partial charge on any atom is 0.0347 e. The topological polar surface area (TPSA) is 25.8 Å². The average Bonchev–Trinajstić information content (AvgIpc) is 2.70. The highest BCUT2D eigenvalue weighted by atomic mass is 14.6. The summed E-state index contributed by atoms with van der Waals surface area (Å²) < 4.78 is 0. The van der Waals surface area contributed by atoms with Gasteiger partial charge in [-0.3, -0.25) is 9.97 Å². The van der Waals surface area contributed by atoms with Gasteiger partial charge in [0.05, 0.1) is 0 Å². The highest BCUT2D eigenvalue weighted by Gasteiger charge is 2.16. The van der Waals surface area contributed by atoms with Crippen LogP contribution >= 0.6 is 0 Å². The quantitative estimate of drug-likeness (QED) is 0.242. The van der Waals surface area contributed by atoms with Gasteiger partial charge in [0.15, 0.2) is 0 Å². The van der Waals surface area contributed by atoms with Gasteiger partial charge in [-0.25, -0.2) is 0 Å². The van der Waals surface area contributed by atoms with Gasteiger partial charge in [0.1, 0.15) is 0 Å². The largest absolute Gasteiger partial charge is 0.263 e. The van der Waals surface area contributed by atoms with Crippen LogP contribution in [0.15, 0.2) is 73.3 Å². The summed E-state index contributed by atoms with van der Waals surface area (Å²) in [6.45, 7) is 0. The van der Waals surface area contributed by atoms with Gasteiger partial charge in [-0.2, -0.15) is 0 Å². The molecule has 0 atom stereocenters. The van der Waals surface area contributed by atoms with Crippen molar-refractivity contribution in [3.8, 4) is 0 Å². The van der Waals surface area contributed by atoms with Crippen molar-refractivity contribution in [1.29, 1.82) is 0 Å². The zero-order valence-electron chi connectivity index (χ0n) is 13.8. The fourth-order valence-electron chi connectivity index (χ4n) is 4.82. The first-order valence-electron chi connectivity index (χ1n) is 8.83. The highest BCUT2D eigenvalue weighted by Crippen LogP contribution is 2.44. The van der Waals surface area contributed by atoms with Gasteiger partial charge in [-0.15, -0.1) is 0 Å². The molecule has 0 saturated carbocycles. The molecule has 2 aromatic heterocycles. The number of hydrogen-bond acceptors (Lipinski definition) is 2. The van der Waals surface area contributed by atoms with E-state index in [0.717, 1.165) is 0 Å². The molecule has 7 aromatic rings. The van der Waals surface area contributed by atoms with Gasteiger partial charge in [-0.05, 0) is 32.3 Å². The van der Waals surface area contributed by atoms with Crippen LogP contribution in [0.1, 0.15) is 0 Å². The van der Waals surface area contributed by atoms with Gasteiger partial charge in [0.25, 0.3) is 0 Å². The van der Waals surface area contributed by atoms with Crippen LogP contribution in [-0.2, 0) is 0 Å². The van der Waals surface area contributed by atoms with Crippen LogP contribution in [0.25, 0.3) is 64.6 Å². The zero-order valence-corrected chi connectivity index (χ0v) is 13.8. The Kier molecular flexibility index (Phi) is 2.05. The van der Waals surface area contributed by atoms with Crippen molar-refractivity contribution >= 4 is 64.6 Å². The first kappa shape index (κ1) is 12.8. The highest BCUT2D eigenvalue weighted by molar-refractivity contribution is 6.39. The zero-order chi connectivity index (χ0) is 16.8. The summed E-state index contributed by atoms with van der Waals surface area (Å²) in [5.41, 5.74) is 0. The third-order valence-corrected chi connectivity index (χ3v) is 5.89. The first-order valence-corrected chi connectivity index (χ1v) is 8.83. The van der Waals surface area contributed by atoms with Crippen molar-refractivity contribution < 1.29 is 0 Å². The summed E-state index contributed by atoms with van der Waals surface area (Å²) in [7, 11) is 0. The number of pyridine rings is 2. The molecule has 0 saturated heterocycles. The summed E-state index contributed by atoms with van der Waals surface area (Å²) in [5, 5.41) is 15.5. The Morgan fingerprint density at radius 1 is 0.346 bits per heavy atom. The molecule has 0 bridgehead atoms. The molecule has 2 nitrogen and oxygen atoms in total. The van der Waals surface area contributed by atoms with Crippen LogP contribution in [0.3, 0.4) is 0 Å². The van der Waals surface area contributed by atoms with Crippen molar-refractivity contribution in [3.63, 3.8) is 0 Å². The van der Waals surface area contributed by atoms with Gasteiger partial charge in [0.2, 0.25) is 0 Å². The second kappa shape index (κ2) is 4.17. The van der Waals surface area contributed by atoms with Crippen LogP contribution in [0.2, 0.25) is 0 Å². The number of hydrogen-bond donors (Lipinski definition) is 0. The fraction of sp³-hybridized carbons (Fsp3) is 0. The molecule has 26 heavy (non-hydrogen) atoms. The molecule has 0 aliphatic rings. The lowest BCUT2D eigenvalue weighted by Crippen LogP contribution is -1.90. The normalized spacial score (nSPS) is 12.6. The second-order valence-corrected chi connectivity index (χ2v) is 7.12. The summed E-state index contributed by atoms with van der Waals surface area (Å²) in [5.74, 6) is 0. The maximum atomic E-state index is 4.40. The van der Waals surface area contributed by atoms with Crippen LogP contribution in [0.5, 0.6) is 0 Å². The molecule has 2 heteroatoms. The Balaban J connectivity index is 1.94. The molecular formula is C24H12N2. The van der Waals surface area contributed by atoms with Crippen molar-refractivity contribution in [1.82, 2.24) is 9.97 Å². The summed E-state index contributed by atoms with van der Waals surface area (Å²) in [6, 6.07) is 17.9. The third kappa shape index (κ3) is 1.33. The van der Waals surface area contributed by atoms with Gasteiger partial charge < -0.3 is 0 Å². The van der Waals surface area contributed by atoms with E-state index in [1.54, 1.807) is 0 Å². The maximum absolute atomic E-state index is 4.40. The Morgan fingerprint density at radius 3 is 0.962 bits per heavy atom. The fourth-order valence-corrected chi connectivity index (χ4v) is 4.82. The van der Waals surface area contributed by atoms with Crippen LogP contribution in [0.4, 0.5) is 0 Å². The van der Waals surface area contributed by atoms with Gasteiger partial charge in [0, 0.05) is 57.1 Å². The molecule has 0 unspecified atom stereocenters. The third-order valence-electron chi connectivity index (χ3n) is 5.89. The van der Waals surface area contributed by atoms with E-state index in [-0.39, 0.29) is 0 Å². The minimum Gasteiger partial charge on any atom is -0.263 e. The molecule has 5 aromatic carbocycles. The van der Waals surface area contributed by atoms with E-state index in [4.69, 9.17) is 0 Å². The van der Waals surface area contributed by atoms with E-state index in [1.807, 2.05) is 24.8 Å². The van der Waals surface area contributed by atoms with Crippen LogP contribution in [0, 0.1) is 0 Å². The summed E-state index contributed by atoms with van der Waals surface area (Å²) in [6.07, 6.45) is 7.88. The van der Waals surface area contributed by atoms with Gasteiger partial charge in [-0.1, -0.05) is 48.5 Å². The van der Waals surface area contributed by atoms with E-state index in [2.05, 4.69) is 58.5 Å². The predicted molar refractivity (Wildman–Crippen MR) is 109 cm³/mol.